The summed E-state index contributed by atoms with van der Waals surface area (Å²) >= 11 is 0. The summed E-state index contributed by atoms with van der Waals surface area (Å²) in [5, 5.41) is 0. The predicted octanol–water partition coefficient (Wildman–Crippen LogP) is 7.36. The van der Waals surface area contributed by atoms with E-state index in [-0.39, 0.29) is 16.9 Å². The Labute approximate surface area is 198 Å². The molecular formula is C29H39NO3. The van der Waals surface area contributed by atoms with E-state index in [0.717, 1.165) is 37.5 Å². The molecule has 4 aliphatic rings. The van der Waals surface area contributed by atoms with Gasteiger partial charge in [-0.25, -0.2) is 4.79 Å². The molecule has 4 heteroatoms. The van der Waals surface area contributed by atoms with Gasteiger partial charge in [0.1, 0.15) is 11.7 Å². The van der Waals surface area contributed by atoms with Crippen LogP contribution in [0.2, 0.25) is 0 Å². The van der Waals surface area contributed by atoms with Gasteiger partial charge in [-0.1, -0.05) is 37.6 Å². The van der Waals surface area contributed by atoms with Crippen LogP contribution >= 0.6 is 0 Å². The first kappa shape index (κ1) is 22.7. The van der Waals surface area contributed by atoms with Gasteiger partial charge < -0.3 is 9.47 Å². The van der Waals surface area contributed by atoms with Gasteiger partial charge in [-0.3, -0.25) is 4.98 Å². The number of hydrogen-bond donors (Lipinski definition) is 0. The van der Waals surface area contributed by atoms with E-state index in [2.05, 4.69) is 43.1 Å². The van der Waals surface area contributed by atoms with E-state index >= 15 is 0 Å². The lowest BCUT2D eigenvalue weighted by Crippen LogP contribution is -2.50. The zero-order valence-corrected chi connectivity index (χ0v) is 20.9. The average Bonchev–Trinajstić information content (AvgIpc) is 3.10. The Morgan fingerprint density at radius 2 is 1.85 bits per heavy atom. The second kappa shape index (κ2) is 7.99. The van der Waals surface area contributed by atoms with Crippen molar-refractivity contribution in [1.82, 2.24) is 4.98 Å². The minimum atomic E-state index is -0.529. The summed E-state index contributed by atoms with van der Waals surface area (Å²) in [6.45, 7) is 10.6. The lowest BCUT2D eigenvalue weighted by molar-refractivity contribution is -0.0522. The summed E-state index contributed by atoms with van der Waals surface area (Å²) in [6.07, 6.45) is 16.1. The summed E-state index contributed by atoms with van der Waals surface area (Å²) in [5.74, 6) is 2.16. The van der Waals surface area contributed by atoms with E-state index in [0.29, 0.717) is 5.92 Å². The highest BCUT2D eigenvalue weighted by Crippen LogP contribution is 2.66. The van der Waals surface area contributed by atoms with Gasteiger partial charge in [0.15, 0.2) is 0 Å². The third kappa shape index (κ3) is 3.94. The molecule has 0 N–H and O–H groups in total. The zero-order valence-electron chi connectivity index (χ0n) is 20.9. The molecule has 2 saturated carbocycles. The van der Waals surface area contributed by atoms with Gasteiger partial charge in [-0.2, -0.15) is 0 Å². The Balaban J connectivity index is 1.32. The first-order chi connectivity index (χ1) is 15.6. The van der Waals surface area contributed by atoms with Gasteiger partial charge in [0.2, 0.25) is 0 Å². The minimum Gasteiger partial charge on any atom is -0.431 e. The zero-order chi connectivity index (χ0) is 23.4. The monoisotopic (exact) mass is 449 g/mol. The van der Waals surface area contributed by atoms with Crippen molar-refractivity contribution in [3.8, 4) is 0 Å². The van der Waals surface area contributed by atoms with E-state index < -0.39 is 11.8 Å². The molecule has 0 bridgehead atoms. The van der Waals surface area contributed by atoms with Gasteiger partial charge in [0.25, 0.3) is 0 Å². The lowest BCUT2D eigenvalue weighted by atomic mass is 9.47. The van der Waals surface area contributed by atoms with Gasteiger partial charge in [0.05, 0.1) is 0 Å². The van der Waals surface area contributed by atoms with Gasteiger partial charge in [-0.05, 0) is 105 Å². The molecule has 0 unspecified atom stereocenters. The molecule has 4 nitrogen and oxygen atoms in total. The van der Waals surface area contributed by atoms with Crippen molar-refractivity contribution in [2.45, 2.75) is 91.3 Å². The topological polar surface area (TPSA) is 48.4 Å². The van der Waals surface area contributed by atoms with E-state index in [4.69, 9.17) is 9.47 Å². The number of fused-ring (bicyclic) bond motifs is 5. The molecule has 0 aromatic carbocycles. The summed E-state index contributed by atoms with van der Waals surface area (Å²) in [4.78, 5) is 16.6. The van der Waals surface area contributed by atoms with Crippen LogP contribution in [-0.2, 0) is 9.47 Å². The first-order valence-corrected chi connectivity index (χ1v) is 12.8. The van der Waals surface area contributed by atoms with E-state index in [1.807, 2.05) is 33.2 Å². The average molecular weight is 450 g/mol. The van der Waals surface area contributed by atoms with Crippen molar-refractivity contribution >= 4 is 11.7 Å². The third-order valence-electron chi connectivity index (χ3n) is 9.26. The Bertz CT molecular complexity index is 974. The van der Waals surface area contributed by atoms with Crippen molar-refractivity contribution in [2.75, 3.05) is 0 Å². The molecule has 1 heterocycles. The van der Waals surface area contributed by atoms with E-state index in [9.17, 15) is 4.79 Å². The molecule has 0 amide bonds. The predicted molar refractivity (Wildman–Crippen MR) is 130 cm³/mol. The smallest absolute Gasteiger partial charge is 0.431 e. The highest BCUT2D eigenvalue weighted by Gasteiger charge is 2.57. The highest BCUT2D eigenvalue weighted by atomic mass is 16.7. The molecule has 0 radical (unpaired) electrons. The van der Waals surface area contributed by atoms with Crippen LogP contribution < -0.4 is 0 Å². The second-order valence-electron chi connectivity index (χ2n) is 12.3. The minimum absolute atomic E-state index is 0.0603. The SMILES string of the molecule is CC(C)(C)OC(=O)O[C@H]1CC[C@@]2(C)C(=CC[C@@H]3[C@@H]2CC[C@]2(C)C(c4cccnc4)=CC[C@@H]32)C1. The van der Waals surface area contributed by atoms with Crippen molar-refractivity contribution in [3.05, 3.63) is 47.8 Å². The summed E-state index contributed by atoms with van der Waals surface area (Å²) in [7, 11) is 0. The Morgan fingerprint density at radius 1 is 1.06 bits per heavy atom. The molecule has 5 rings (SSSR count). The Kier molecular flexibility index (Phi) is 5.49. The third-order valence-corrected chi connectivity index (χ3v) is 9.26. The van der Waals surface area contributed by atoms with Crippen LogP contribution in [0.3, 0.4) is 0 Å². The van der Waals surface area contributed by atoms with Crippen LogP contribution in [0, 0.1) is 28.6 Å². The highest BCUT2D eigenvalue weighted by molar-refractivity contribution is 5.72. The number of ether oxygens (including phenoxy) is 2. The number of aromatic nitrogens is 1. The largest absolute Gasteiger partial charge is 0.509 e. The van der Waals surface area contributed by atoms with Crippen LogP contribution in [0.4, 0.5) is 4.79 Å². The molecule has 1 aromatic rings. The fourth-order valence-electron chi connectivity index (χ4n) is 7.68. The molecule has 0 aliphatic heterocycles. The lowest BCUT2D eigenvalue weighted by Gasteiger charge is -2.57. The number of hydrogen-bond acceptors (Lipinski definition) is 4. The van der Waals surface area contributed by atoms with Crippen molar-refractivity contribution in [2.24, 2.45) is 28.6 Å². The maximum absolute atomic E-state index is 12.2. The number of allylic oxidation sites excluding steroid dienone is 3. The van der Waals surface area contributed by atoms with Crippen molar-refractivity contribution in [1.29, 1.82) is 0 Å². The molecule has 0 spiro atoms. The summed E-state index contributed by atoms with van der Waals surface area (Å²) in [6, 6.07) is 4.29. The number of rotatable bonds is 2. The molecule has 178 valence electrons. The van der Waals surface area contributed by atoms with Crippen LogP contribution in [0.5, 0.6) is 0 Å². The maximum Gasteiger partial charge on any atom is 0.509 e. The van der Waals surface area contributed by atoms with Crippen molar-refractivity contribution < 1.29 is 14.3 Å². The number of carbonyl (C=O) groups excluding carboxylic acids is 1. The molecule has 0 saturated heterocycles. The number of carbonyl (C=O) groups is 1. The summed E-state index contributed by atoms with van der Waals surface area (Å²) in [5.41, 5.74) is 4.31. The van der Waals surface area contributed by atoms with Crippen LogP contribution in [0.25, 0.3) is 5.57 Å². The molecule has 2 fully saturated rings. The fraction of sp³-hybridized carbons (Fsp3) is 0.655. The van der Waals surface area contributed by atoms with Crippen LogP contribution in [0.1, 0.15) is 85.1 Å². The van der Waals surface area contributed by atoms with Gasteiger partial charge in [0, 0.05) is 18.8 Å². The molecule has 4 aliphatic carbocycles. The Morgan fingerprint density at radius 3 is 2.58 bits per heavy atom. The molecule has 6 atom stereocenters. The Hall–Kier alpha value is -2.10. The van der Waals surface area contributed by atoms with Gasteiger partial charge in [-0.15, -0.1) is 0 Å². The maximum atomic E-state index is 12.2. The molecular weight excluding hydrogens is 410 g/mol. The number of nitrogens with zero attached hydrogens (tertiary/aromatic N) is 1. The molecule has 33 heavy (non-hydrogen) atoms. The van der Waals surface area contributed by atoms with Crippen LogP contribution in [0.15, 0.2) is 42.3 Å². The van der Waals surface area contributed by atoms with E-state index in [1.165, 1.54) is 36.0 Å². The summed E-state index contributed by atoms with van der Waals surface area (Å²) < 4.78 is 11.1. The molecule has 1 aromatic heterocycles. The van der Waals surface area contributed by atoms with Crippen molar-refractivity contribution in [3.63, 3.8) is 0 Å². The van der Waals surface area contributed by atoms with E-state index in [1.54, 1.807) is 0 Å². The quantitative estimate of drug-likeness (QED) is 0.350. The second-order valence-corrected chi connectivity index (χ2v) is 12.3. The van der Waals surface area contributed by atoms with Gasteiger partial charge >= 0.3 is 6.16 Å². The number of pyridine rings is 1. The van der Waals surface area contributed by atoms with Crippen LogP contribution in [-0.4, -0.2) is 22.8 Å². The first-order valence-electron chi connectivity index (χ1n) is 12.8. The fourth-order valence-corrected chi connectivity index (χ4v) is 7.68. The normalized spacial score (nSPS) is 37.7. The standard InChI is InChI=1S/C29H39NO3/c1-27(2,3)33-26(31)32-21-12-14-28(4)20(17-21)8-9-22-24-11-10-23(19-7-6-16-30-18-19)29(24,5)15-13-25(22)28/h6-8,10,16,18,21-22,24-25H,9,11-15,17H2,1-5H3/t21-,22-,24-,25-,28-,29+/m0/s1.